The van der Waals surface area contributed by atoms with E-state index < -0.39 is 12.2 Å². The zero-order valence-electron chi connectivity index (χ0n) is 16.0. The van der Waals surface area contributed by atoms with E-state index in [1.165, 1.54) is 0 Å². The van der Waals surface area contributed by atoms with Crippen molar-refractivity contribution in [2.24, 2.45) is 0 Å². The molecule has 0 spiro atoms. The Bertz CT molecular complexity index is 747. The molecule has 2 rings (SSSR count). The van der Waals surface area contributed by atoms with Gasteiger partial charge >= 0.3 is 0 Å². The Hall–Kier alpha value is -0.200. The lowest BCUT2D eigenvalue weighted by atomic mass is 10.2. The lowest BCUT2D eigenvalue weighted by Gasteiger charge is -2.26. The van der Waals surface area contributed by atoms with E-state index in [1.807, 2.05) is 24.3 Å². The molecule has 2 aromatic carbocycles. The highest BCUT2D eigenvalue weighted by Crippen LogP contribution is 2.29. The molecule has 0 heterocycles. The number of nitrogens with zero attached hydrogens (tertiary/aromatic N) is 1. The van der Waals surface area contributed by atoms with Gasteiger partial charge in [0.15, 0.2) is 0 Å². The molecule has 0 aliphatic carbocycles. The van der Waals surface area contributed by atoms with E-state index in [9.17, 15) is 15.3 Å². The van der Waals surface area contributed by atoms with Gasteiger partial charge in [0.1, 0.15) is 36.9 Å². The monoisotopic (exact) mass is 673 g/mol. The van der Waals surface area contributed by atoms with Crippen LogP contribution in [0.1, 0.15) is 0 Å². The normalized spacial score (nSPS) is 13.3. The van der Waals surface area contributed by atoms with E-state index in [0.29, 0.717) is 18.0 Å². The van der Waals surface area contributed by atoms with Crippen molar-refractivity contribution in [3.05, 3.63) is 54.3 Å². The van der Waals surface area contributed by atoms with Crippen LogP contribution in [0.25, 0.3) is 0 Å². The number of rotatable bonds is 12. The Morgan fingerprint density at radius 2 is 1.20 bits per heavy atom. The quantitative estimate of drug-likeness (QED) is 0.313. The van der Waals surface area contributed by atoms with Crippen molar-refractivity contribution in [2.75, 3.05) is 39.5 Å². The van der Waals surface area contributed by atoms with E-state index in [2.05, 4.69) is 63.7 Å². The van der Waals surface area contributed by atoms with Crippen LogP contribution in [0, 0.1) is 0 Å². The molecule has 2 atom stereocenters. The average Bonchev–Trinajstić information content (AvgIpc) is 2.66. The minimum atomic E-state index is -0.791. The first kappa shape index (κ1) is 26.1. The zero-order valence-corrected chi connectivity index (χ0v) is 22.3. The summed E-state index contributed by atoms with van der Waals surface area (Å²) in [4.78, 5) is 1.77. The SMILES string of the molecule is OCCN(CC(O)COc1ccc(Br)cc1Br)CC(O)COc1ccc(Br)cc1Br. The summed E-state index contributed by atoms with van der Waals surface area (Å²) in [5, 5.41) is 30.0. The van der Waals surface area contributed by atoms with Gasteiger partial charge in [0.05, 0.1) is 15.6 Å². The van der Waals surface area contributed by atoms with Crippen molar-refractivity contribution in [1.29, 1.82) is 0 Å². The van der Waals surface area contributed by atoms with E-state index in [-0.39, 0.29) is 32.9 Å². The van der Waals surface area contributed by atoms with Crippen molar-refractivity contribution in [3.8, 4) is 11.5 Å². The number of aliphatic hydroxyl groups excluding tert-OH is 3. The molecule has 2 aromatic rings. The maximum atomic E-state index is 10.3. The van der Waals surface area contributed by atoms with Crippen molar-refractivity contribution < 1.29 is 24.8 Å². The second-order valence-corrected chi connectivity index (χ2v) is 10.1. The Kier molecular flexibility index (Phi) is 11.6. The van der Waals surface area contributed by atoms with Gasteiger partial charge in [-0.1, -0.05) is 31.9 Å². The lowest BCUT2D eigenvalue weighted by Crippen LogP contribution is -2.42. The summed E-state index contributed by atoms with van der Waals surface area (Å²) < 4.78 is 14.7. The maximum Gasteiger partial charge on any atom is 0.133 e. The molecule has 2 unspecified atom stereocenters. The third-order valence-corrected chi connectivity index (χ3v) is 6.23. The van der Waals surface area contributed by atoms with Crippen molar-refractivity contribution in [2.45, 2.75) is 12.2 Å². The molecule has 0 amide bonds. The van der Waals surface area contributed by atoms with Crippen LogP contribution < -0.4 is 9.47 Å². The largest absolute Gasteiger partial charge is 0.490 e. The summed E-state index contributed by atoms with van der Waals surface area (Å²) in [7, 11) is 0. The summed E-state index contributed by atoms with van der Waals surface area (Å²) in [6.07, 6.45) is -1.58. The number of benzene rings is 2. The summed E-state index contributed by atoms with van der Waals surface area (Å²) >= 11 is 13.6. The third kappa shape index (κ3) is 9.12. The second kappa shape index (κ2) is 13.4. The third-order valence-electron chi connectivity index (χ3n) is 4.00. The van der Waals surface area contributed by atoms with Crippen molar-refractivity contribution in [1.82, 2.24) is 4.90 Å². The molecule has 166 valence electrons. The van der Waals surface area contributed by atoms with Crippen LogP contribution in [-0.4, -0.2) is 71.9 Å². The number of hydrogen-bond donors (Lipinski definition) is 3. The molecule has 10 heteroatoms. The molecule has 0 aromatic heterocycles. The van der Waals surface area contributed by atoms with E-state index in [1.54, 1.807) is 17.0 Å². The Labute approximate surface area is 209 Å². The molecule has 0 aliphatic heterocycles. The molecule has 30 heavy (non-hydrogen) atoms. The summed E-state index contributed by atoms with van der Waals surface area (Å²) in [6.45, 7) is 0.887. The maximum absolute atomic E-state index is 10.3. The van der Waals surface area contributed by atoms with Gasteiger partial charge < -0.3 is 24.8 Å². The molecule has 3 N–H and O–H groups in total. The second-order valence-electron chi connectivity index (χ2n) is 6.56. The molecule has 0 radical (unpaired) electrons. The molecule has 0 aliphatic rings. The summed E-state index contributed by atoms with van der Waals surface area (Å²) in [6, 6.07) is 11.0. The van der Waals surface area contributed by atoms with Crippen LogP contribution in [0.15, 0.2) is 54.3 Å². The first-order valence-corrected chi connectivity index (χ1v) is 12.3. The van der Waals surface area contributed by atoms with Gasteiger partial charge in [-0.2, -0.15) is 0 Å². The fourth-order valence-corrected chi connectivity index (χ4v) is 4.98. The van der Waals surface area contributed by atoms with E-state index in [4.69, 9.17) is 9.47 Å². The van der Waals surface area contributed by atoms with Gasteiger partial charge in [-0.05, 0) is 68.3 Å². The average molecular weight is 677 g/mol. The molecule has 0 saturated carbocycles. The number of hydrogen-bond acceptors (Lipinski definition) is 6. The fraction of sp³-hybridized carbons (Fsp3) is 0.400. The fourth-order valence-electron chi connectivity index (χ4n) is 2.66. The predicted octanol–water partition coefficient (Wildman–Crippen LogP) is 4.21. The topological polar surface area (TPSA) is 82.4 Å². The molecule has 0 saturated heterocycles. The van der Waals surface area contributed by atoms with E-state index in [0.717, 1.165) is 17.9 Å². The van der Waals surface area contributed by atoms with Crippen LogP contribution in [0.4, 0.5) is 0 Å². The highest BCUT2D eigenvalue weighted by molar-refractivity contribution is 9.11. The van der Waals surface area contributed by atoms with Gasteiger partial charge in [-0.15, -0.1) is 0 Å². The molecular weight excluding hydrogens is 654 g/mol. The number of halogens is 4. The highest BCUT2D eigenvalue weighted by Gasteiger charge is 2.17. The first-order chi connectivity index (χ1) is 14.3. The van der Waals surface area contributed by atoms with Crippen molar-refractivity contribution >= 4 is 63.7 Å². The summed E-state index contributed by atoms with van der Waals surface area (Å²) in [5.41, 5.74) is 0. The lowest BCUT2D eigenvalue weighted by molar-refractivity contribution is 0.0254. The predicted molar refractivity (Wildman–Crippen MR) is 130 cm³/mol. The van der Waals surface area contributed by atoms with E-state index >= 15 is 0 Å². The van der Waals surface area contributed by atoms with Crippen LogP contribution in [0.2, 0.25) is 0 Å². The number of aliphatic hydroxyl groups is 3. The van der Waals surface area contributed by atoms with Crippen molar-refractivity contribution in [3.63, 3.8) is 0 Å². The highest BCUT2D eigenvalue weighted by atomic mass is 79.9. The van der Waals surface area contributed by atoms with Crippen LogP contribution in [-0.2, 0) is 0 Å². The molecule has 0 fully saturated rings. The van der Waals surface area contributed by atoms with Crippen LogP contribution in [0.3, 0.4) is 0 Å². The first-order valence-electron chi connectivity index (χ1n) is 9.13. The minimum absolute atomic E-state index is 0.0839. The standard InChI is InChI=1S/C20H23Br4NO5/c21-13-1-3-19(17(23)7-13)29-11-15(27)9-25(5-6-26)10-16(28)12-30-20-4-2-14(22)8-18(20)24/h1-4,7-8,15-16,26-28H,5-6,9-12H2. The van der Waals surface area contributed by atoms with Crippen LogP contribution in [0.5, 0.6) is 11.5 Å². The molecular formula is C20H23Br4NO5. The number of ether oxygens (including phenoxy) is 2. The smallest absolute Gasteiger partial charge is 0.133 e. The summed E-state index contributed by atoms with van der Waals surface area (Å²) in [5.74, 6) is 1.25. The Morgan fingerprint density at radius 1 is 0.767 bits per heavy atom. The Morgan fingerprint density at radius 3 is 1.57 bits per heavy atom. The van der Waals surface area contributed by atoms with Gasteiger partial charge in [-0.25, -0.2) is 0 Å². The minimum Gasteiger partial charge on any atom is -0.490 e. The van der Waals surface area contributed by atoms with Gasteiger partial charge in [0.2, 0.25) is 0 Å². The van der Waals surface area contributed by atoms with Gasteiger partial charge in [-0.3, -0.25) is 4.90 Å². The Balaban J connectivity index is 1.81. The zero-order chi connectivity index (χ0) is 22.1. The van der Waals surface area contributed by atoms with Crippen LogP contribution >= 0.6 is 63.7 Å². The van der Waals surface area contributed by atoms with Gasteiger partial charge in [0.25, 0.3) is 0 Å². The van der Waals surface area contributed by atoms with Gasteiger partial charge in [0, 0.05) is 28.6 Å². The molecule has 6 nitrogen and oxygen atoms in total. The molecule has 0 bridgehead atoms.